The lowest BCUT2D eigenvalue weighted by atomic mass is 10.1. The molecule has 9 heteroatoms. The van der Waals surface area contributed by atoms with E-state index in [-0.39, 0.29) is 12.5 Å². The third-order valence-electron chi connectivity index (χ3n) is 5.41. The fourth-order valence-electron chi connectivity index (χ4n) is 3.47. The zero-order valence-corrected chi connectivity index (χ0v) is 19.4. The summed E-state index contributed by atoms with van der Waals surface area (Å²) in [6.45, 7) is 6.05. The number of para-hydroxylation sites is 1. The van der Waals surface area contributed by atoms with Crippen LogP contribution in [0.15, 0.2) is 52.3 Å². The van der Waals surface area contributed by atoms with E-state index in [1.807, 2.05) is 44.2 Å². The van der Waals surface area contributed by atoms with Gasteiger partial charge in [-0.1, -0.05) is 18.2 Å². The van der Waals surface area contributed by atoms with Crippen LogP contribution < -0.4 is 10.2 Å². The molecule has 0 aliphatic carbocycles. The fourth-order valence-corrected chi connectivity index (χ4v) is 5.67. The Morgan fingerprint density at radius 2 is 1.87 bits per heavy atom. The van der Waals surface area contributed by atoms with Crippen molar-refractivity contribution in [3.63, 3.8) is 0 Å². The summed E-state index contributed by atoms with van der Waals surface area (Å²) in [4.78, 5) is 14.8. The number of carbonyl (C=O) groups excluding carboxylic acids is 1. The maximum absolute atomic E-state index is 13.0. The second-order valence-corrected chi connectivity index (χ2v) is 10.5. The van der Waals surface area contributed by atoms with Gasteiger partial charge in [-0.25, -0.2) is 8.42 Å². The lowest BCUT2D eigenvalue weighted by Crippen LogP contribution is -3.15. The van der Waals surface area contributed by atoms with Gasteiger partial charge in [-0.05, 0) is 49.2 Å². The summed E-state index contributed by atoms with van der Waals surface area (Å²) in [5.41, 5.74) is 2.71. The monoisotopic (exact) mass is 459 g/mol. The van der Waals surface area contributed by atoms with Gasteiger partial charge in [0.1, 0.15) is 0 Å². The molecule has 0 unspecified atom stereocenters. The Bertz CT molecular complexity index is 1090. The summed E-state index contributed by atoms with van der Waals surface area (Å²) < 4.78 is 27.4. The molecule has 7 nitrogen and oxygen atoms in total. The fraction of sp³-hybridized carbons (Fsp3) is 0.364. The Balaban J connectivity index is 1.56. The Morgan fingerprint density at radius 3 is 2.55 bits per heavy atom. The van der Waals surface area contributed by atoms with E-state index in [4.69, 9.17) is 5.26 Å². The normalized spacial score (nSPS) is 15.4. The van der Waals surface area contributed by atoms with E-state index in [1.165, 1.54) is 16.1 Å². The van der Waals surface area contributed by atoms with E-state index >= 15 is 0 Å². The summed E-state index contributed by atoms with van der Waals surface area (Å²) in [5.74, 6) is 0.195. The highest BCUT2D eigenvalue weighted by molar-refractivity contribution is 7.99. The van der Waals surface area contributed by atoms with Crippen molar-refractivity contribution in [3.05, 3.63) is 53.6 Å². The average molecular weight is 460 g/mol. The minimum Gasteiger partial charge on any atom is -0.325 e. The van der Waals surface area contributed by atoms with Crippen LogP contribution in [-0.2, 0) is 14.8 Å². The third kappa shape index (κ3) is 5.86. The van der Waals surface area contributed by atoms with Gasteiger partial charge in [-0.15, -0.1) is 11.8 Å². The first-order valence-electron chi connectivity index (χ1n) is 10.1. The van der Waals surface area contributed by atoms with Gasteiger partial charge in [-0.2, -0.15) is 9.57 Å². The molecule has 31 heavy (non-hydrogen) atoms. The number of carbonyl (C=O) groups is 1. The second-order valence-electron chi connectivity index (χ2n) is 7.57. The number of quaternary nitrogens is 1. The Hall–Kier alpha value is -2.38. The van der Waals surface area contributed by atoms with Crippen molar-refractivity contribution in [1.82, 2.24) is 4.31 Å². The molecule has 1 amide bonds. The van der Waals surface area contributed by atoms with Crippen molar-refractivity contribution in [1.29, 1.82) is 5.26 Å². The minimum atomic E-state index is -3.53. The van der Waals surface area contributed by atoms with Gasteiger partial charge in [0.25, 0.3) is 5.91 Å². The van der Waals surface area contributed by atoms with Crippen LogP contribution in [0.25, 0.3) is 0 Å². The summed E-state index contributed by atoms with van der Waals surface area (Å²) in [6, 6.07) is 14.7. The number of rotatable bonds is 7. The lowest BCUT2D eigenvalue weighted by molar-refractivity contribution is -0.895. The highest BCUT2D eigenvalue weighted by atomic mass is 32.2. The SMILES string of the molecule is Cc1ccc(S(=O)(=O)N2CC[NH+](CC(=O)Nc3ccccc3SCC#N)CC2)cc1C. The maximum atomic E-state index is 13.0. The van der Waals surface area contributed by atoms with Crippen LogP contribution in [0, 0.1) is 25.2 Å². The van der Waals surface area contributed by atoms with E-state index < -0.39 is 10.0 Å². The maximum Gasteiger partial charge on any atom is 0.279 e. The highest BCUT2D eigenvalue weighted by Crippen LogP contribution is 2.26. The smallest absolute Gasteiger partial charge is 0.279 e. The molecule has 1 aliphatic rings. The number of hydrogen-bond donors (Lipinski definition) is 2. The molecule has 2 N–H and O–H groups in total. The number of nitrogens with one attached hydrogen (secondary N) is 2. The predicted molar refractivity (Wildman–Crippen MR) is 122 cm³/mol. The first-order valence-corrected chi connectivity index (χ1v) is 12.5. The number of thioether (sulfide) groups is 1. The topological polar surface area (TPSA) is 94.7 Å². The molecular formula is C22H27N4O3S2+. The summed E-state index contributed by atoms with van der Waals surface area (Å²) >= 11 is 1.38. The van der Waals surface area contributed by atoms with Crippen molar-refractivity contribution in [3.8, 4) is 6.07 Å². The van der Waals surface area contributed by atoms with E-state index in [1.54, 1.807) is 12.1 Å². The molecule has 164 valence electrons. The van der Waals surface area contributed by atoms with E-state index in [9.17, 15) is 13.2 Å². The molecule has 2 aromatic rings. The van der Waals surface area contributed by atoms with Crippen molar-refractivity contribution in [2.24, 2.45) is 0 Å². The number of aryl methyl sites for hydroxylation is 2. The molecule has 1 aliphatic heterocycles. The molecule has 1 saturated heterocycles. The van der Waals surface area contributed by atoms with Crippen LogP contribution in [0.5, 0.6) is 0 Å². The van der Waals surface area contributed by atoms with Crippen LogP contribution in [0.2, 0.25) is 0 Å². The van der Waals surface area contributed by atoms with Crippen LogP contribution in [0.3, 0.4) is 0 Å². The van der Waals surface area contributed by atoms with Crippen LogP contribution in [0.1, 0.15) is 11.1 Å². The van der Waals surface area contributed by atoms with Crippen molar-refractivity contribution < 1.29 is 18.1 Å². The molecule has 0 atom stereocenters. The predicted octanol–water partition coefficient (Wildman–Crippen LogP) is 1.45. The number of amides is 1. The summed E-state index contributed by atoms with van der Waals surface area (Å²) in [5, 5.41) is 11.7. The zero-order chi connectivity index (χ0) is 22.4. The zero-order valence-electron chi connectivity index (χ0n) is 17.7. The van der Waals surface area contributed by atoms with Crippen LogP contribution in [-0.4, -0.2) is 57.1 Å². The quantitative estimate of drug-likeness (QED) is 0.611. The number of hydrogen-bond acceptors (Lipinski definition) is 5. The molecule has 0 saturated carbocycles. The molecule has 1 fully saturated rings. The van der Waals surface area contributed by atoms with Gasteiger partial charge in [0.2, 0.25) is 10.0 Å². The molecule has 2 aromatic carbocycles. The van der Waals surface area contributed by atoms with Crippen molar-refractivity contribution >= 4 is 33.4 Å². The average Bonchev–Trinajstić information content (AvgIpc) is 2.75. The van der Waals surface area contributed by atoms with Gasteiger partial charge in [0, 0.05) is 4.90 Å². The number of nitriles is 1. The third-order valence-corrected chi connectivity index (χ3v) is 8.24. The van der Waals surface area contributed by atoms with Crippen LogP contribution in [0.4, 0.5) is 5.69 Å². The molecule has 0 radical (unpaired) electrons. The number of nitrogens with zero attached hydrogens (tertiary/aromatic N) is 2. The van der Waals surface area contributed by atoms with Crippen LogP contribution >= 0.6 is 11.8 Å². The molecule has 0 aromatic heterocycles. The Kier molecular flexibility index (Phi) is 7.73. The van der Waals surface area contributed by atoms with Gasteiger partial charge in [0.15, 0.2) is 6.54 Å². The van der Waals surface area contributed by atoms with Gasteiger partial charge in [0.05, 0.1) is 48.6 Å². The molecular weight excluding hydrogens is 432 g/mol. The van der Waals surface area contributed by atoms with E-state index in [0.717, 1.165) is 20.9 Å². The molecule has 3 rings (SSSR count). The molecule has 0 spiro atoms. The summed E-state index contributed by atoms with van der Waals surface area (Å²) in [6.07, 6.45) is 0. The Morgan fingerprint density at radius 1 is 1.16 bits per heavy atom. The molecule has 1 heterocycles. The first kappa shape index (κ1) is 23.3. The van der Waals surface area contributed by atoms with Gasteiger partial charge in [-0.3, -0.25) is 4.79 Å². The highest BCUT2D eigenvalue weighted by Gasteiger charge is 2.31. The number of sulfonamides is 1. The lowest BCUT2D eigenvalue weighted by Gasteiger charge is -2.31. The minimum absolute atomic E-state index is 0.120. The standard InChI is InChI=1S/C22H26N4O3S2/c1-17-7-8-19(15-18(17)2)31(28,29)26-12-10-25(11-13-26)16-22(27)24-20-5-3-4-6-21(20)30-14-9-23/h3-8,15H,10-14,16H2,1-2H3,(H,24,27)/p+1. The number of benzene rings is 2. The second kappa shape index (κ2) is 10.3. The largest absolute Gasteiger partial charge is 0.325 e. The van der Waals surface area contributed by atoms with Gasteiger partial charge < -0.3 is 10.2 Å². The van der Waals surface area contributed by atoms with Crippen molar-refractivity contribution in [2.75, 3.05) is 43.8 Å². The molecule has 0 bridgehead atoms. The van der Waals surface area contributed by atoms with E-state index in [0.29, 0.717) is 42.5 Å². The first-order chi connectivity index (χ1) is 14.8. The number of piperazine rings is 1. The number of anilines is 1. The Labute approximate surface area is 188 Å². The van der Waals surface area contributed by atoms with Crippen molar-refractivity contribution in [2.45, 2.75) is 23.6 Å². The summed E-state index contributed by atoms with van der Waals surface area (Å²) in [7, 11) is -3.53. The van der Waals surface area contributed by atoms with Gasteiger partial charge >= 0.3 is 0 Å². The van der Waals surface area contributed by atoms with E-state index in [2.05, 4.69) is 11.4 Å².